The van der Waals surface area contributed by atoms with E-state index in [-0.39, 0.29) is 0 Å². The monoisotopic (exact) mass is 228 g/mol. The molecule has 0 bridgehead atoms. The van der Waals surface area contributed by atoms with Crippen LogP contribution in [0.3, 0.4) is 0 Å². The van der Waals surface area contributed by atoms with Gasteiger partial charge >= 0.3 is 5.97 Å². The number of carbonyl (C=O) groups is 1. The molecular weight excluding hydrogens is 216 g/mol. The molecule has 0 aliphatic carbocycles. The predicted molar refractivity (Wildman–Crippen MR) is 44.3 cm³/mol. The second kappa shape index (κ2) is 5.25. The molecule has 0 radical (unpaired) electrons. The van der Waals surface area contributed by atoms with Crippen LogP contribution in [0.1, 0.15) is 6.92 Å². The van der Waals surface area contributed by atoms with E-state index >= 15 is 0 Å². The first-order valence-corrected chi connectivity index (χ1v) is 5.48. The van der Waals surface area contributed by atoms with Gasteiger partial charge in [-0.1, -0.05) is 4.33 Å². The lowest BCUT2D eigenvalue weighted by Crippen LogP contribution is -2.30. The van der Waals surface area contributed by atoms with Gasteiger partial charge in [-0.2, -0.15) is 8.42 Å². The van der Waals surface area contributed by atoms with E-state index in [1.165, 1.54) is 6.92 Å². The first-order chi connectivity index (χ1) is 6.28. The van der Waals surface area contributed by atoms with Gasteiger partial charge in [0, 0.05) is 0 Å². The Balaban J connectivity index is 4.10. The fourth-order valence-corrected chi connectivity index (χ4v) is 0.677. The van der Waals surface area contributed by atoms with Crippen LogP contribution in [-0.4, -0.2) is 43.6 Å². The number of hydrogen-bond acceptors (Lipinski definition) is 7. The molecule has 2 unspecified atom stereocenters. The molecule has 0 aromatic heterocycles. The number of rotatable bonds is 5. The zero-order valence-electron chi connectivity index (χ0n) is 7.71. The minimum Gasteiger partial charge on any atom is -0.394 e. The normalized spacial score (nSPS) is 16.0. The third kappa shape index (κ3) is 5.12. The molecule has 0 fully saturated rings. The summed E-state index contributed by atoms with van der Waals surface area (Å²) in [4.78, 5) is 14.8. The molecule has 2 N–H and O–H groups in total. The Kier molecular flexibility index (Phi) is 4.99. The largest absolute Gasteiger partial charge is 0.394 e. The van der Waals surface area contributed by atoms with Gasteiger partial charge in [-0.3, -0.25) is 4.89 Å². The summed E-state index contributed by atoms with van der Waals surface area (Å²) >= 11 is 0. The summed E-state index contributed by atoms with van der Waals surface area (Å²) in [6.45, 7) is 0.629. The summed E-state index contributed by atoms with van der Waals surface area (Å²) < 4.78 is 24.5. The van der Waals surface area contributed by atoms with E-state index in [1.807, 2.05) is 0 Å². The zero-order valence-corrected chi connectivity index (χ0v) is 8.52. The van der Waals surface area contributed by atoms with Crippen molar-refractivity contribution in [3.63, 3.8) is 0 Å². The molecule has 0 heterocycles. The van der Waals surface area contributed by atoms with E-state index in [0.29, 0.717) is 6.26 Å². The van der Waals surface area contributed by atoms with Crippen molar-refractivity contribution in [1.82, 2.24) is 0 Å². The topological polar surface area (TPSA) is 110 Å². The van der Waals surface area contributed by atoms with Crippen molar-refractivity contribution in [2.24, 2.45) is 5.92 Å². The van der Waals surface area contributed by atoms with Crippen molar-refractivity contribution in [3.05, 3.63) is 0 Å². The Morgan fingerprint density at radius 1 is 1.50 bits per heavy atom. The molecule has 0 saturated carbocycles. The van der Waals surface area contributed by atoms with Crippen molar-refractivity contribution in [3.8, 4) is 0 Å². The van der Waals surface area contributed by atoms with Crippen molar-refractivity contribution >= 4 is 16.1 Å². The average Bonchev–Trinajstić information content (AvgIpc) is 2.10. The standard InChI is InChI=1S/C6H12O7S/c1-4(5(8)3-7)6(9)12-13-14(2,10)11/h4-5,7-8H,3H2,1-2H3. The fraction of sp³-hybridized carbons (Fsp3) is 0.833. The van der Waals surface area contributed by atoms with Crippen LogP contribution < -0.4 is 0 Å². The second-order valence-electron chi connectivity index (χ2n) is 2.71. The van der Waals surface area contributed by atoms with E-state index < -0.39 is 34.7 Å². The molecular formula is C6H12O7S. The van der Waals surface area contributed by atoms with Crippen LogP contribution >= 0.6 is 0 Å². The maximum absolute atomic E-state index is 10.9. The molecule has 0 amide bonds. The molecule has 8 heteroatoms. The van der Waals surface area contributed by atoms with Crippen LogP contribution in [-0.2, 0) is 24.1 Å². The Morgan fingerprint density at radius 3 is 2.36 bits per heavy atom. The van der Waals surface area contributed by atoms with Gasteiger partial charge in [-0.05, 0) is 6.92 Å². The molecule has 0 aromatic carbocycles. The summed E-state index contributed by atoms with van der Waals surface area (Å²) in [6.07, 6.45) is -0.612. The molecule has 0 aliphatic heterocycles. The molecule has 0 rings (SSSR count). The van der Waals surface area contributed by atoms with E-state index in [2.05, 4.69) is 9.22 Å². The first-order valence-electron chi connectivity index (χ1n) is 3.67. The van der Waals surface area contributed by atoms with Crippen molar-refractivity contribution in [1.29, 1.82) is 0 Å². The van der Waals surface area contributed by atoms with Gasteiger partial charge in [-0.25, -0.2) is 4.79 Å². The lowest BCUT2D eigenvalue weighted by molar-refractivity contribution is -0.219. The quantitative estimate of drug-likeness (QED) is 0.431. The molecule has 84 valence electrons. The molecule has 0 spiro atoms. The van der Waals surface area contributed by atoms with Crippen LogP contribution in [0.4, 0.5) is 0 Å². The van der Waals surface area contributed by atoms with E-state index in [4.69, 9.17) is 10.2 Å². The van der Waals surface area contributed by atoms with Crippen molar-refractivity contribution in [2.45, 2.75) is 13.0 Å². The van der Waals surface area contributed by atoms with Gasteiger partial charge in [0.15, 0.2) is 0 Å². The fourth-order valence-electron chi connectivity index (χ4n) is 0.486. The van der Waals surface area contributed by atoms with Gasteiger partial charge in [0.2, 0.25) is 0 Å². The van der Waals surface area contributed by atoms with Crippen molar-refractivity contribution in [2.75, 3.05) is 12.9 Å². The maximum atomic E-state index is 10.9. The molecule has 7 nitrogen and oxygen atoms in total. The van der Waals surface area contributed by atoms with Gasteiger partial charge in [0.25, 0.3) is 10.1 Å². The molecule has 2 atom stereocenters. The highest BCUT2D eigenvalue weighted by Crippen LogP contribution is 2.06. The molecule has 0 aliphatic rings. The third-order valence-corrected chi connectivity index (χ3v) is 1.69. The Morgan fingerprint density at radius 2 is 2.00 bits per heavy atom. The SMILES string of the molecule is CC(C(=O)OOS(C)(=O)=O)C(O)CO. The molecule has 14 heavy (non-hydrogen) atoms. The molecule has 0 saturated heterocycles. The number of hydrogen-bond donors (Lipinski definition) is 2. The first kappa shape index (κ1) is 13.3. The number of carbonyl (C=O) groups excluding carboxylic acids is 1. The van der Waals surface area contributed by atoms with Crippen LogP contribution in [0.15, 0.2) is 0 Å². The van der Waals surface area contributed by atoms with Crippen LogP contribution in [0.2, 0.25) is 0 Å². The number of aliphatic hydroxyl groups excluding tert-OH is 2. The van der Waals surface area contributed by atoms with E-state index in [1.54, 1.807) is 0 Å². The highest BCUT2D eigenvalue weighted by atomic mass is 32.2. The Hall–Kier alpha value is -0.700. The minimum atomic E-state index is -3.87. The van der Waals surface area contributed by atoms with Gasteiger partial charge in [-0.15, -0.1) is 0 Å². The van der Waals surface area contributed by atoms with Gasteiger partial charge in [0.1, 0.15) is 0 Å². The summed E-state index contributed by atoms with van der Waals surface area (Å²) in [5.74, 6) is -2.14. The summed E-state index contributed by atoms with van der Waals surface area (Å²) in [6, 6.07) is 0. The van der Waals surface area contributed by atoms with E-state index in [9.17, 15) is 13.2 Å². The van der Waals surface area contributed by atoms with Crippen LogP contribution in [0, 0.1) is 5.92 Å². The van der Waals surface area contributed by atoms with E-state index in [0.717, 1.165) is 0 Å². The Labute approximate surface area is 81.3 Å². The number of aliphatic hydroxyl groups is 2. The van der Waals surface area contributed by atoms with Crippen LogP contribution in [0.5, 0.6) is 0 Å². The van der Waals surface area contributed by atoms with Crippen molar-refractivity contribution < 1.29 is 32.6 Å². The summed E-state index contributed by atoms with van der Waals surface area (Å²) in [5.41, 5.74) is 0. The lowest BCUT2D eigenvalue weighted by Gasteiger charge is -2.13. The van der Waals surface area contributed by atoms with Gasteiger partial charge < -0.3 is 10.2 Å². The summed E-state index contributed by atoms with van der Waals surface area (Å²) in [7, 11) is -3.87. The lowest BCUT2D eigenvalue weighted by atomic mass is 10.1. The minimum absolute atomic E-state index is 0.630. The molecule has 0 aromatic rings. The predicted octanol–water partition coefficient (Wildman–Crippen LogP) is -1.59. The average molecular weight is 228 g/mol. The highest BCUT2D eigenvalue weighted by Gasteiger charge is 2.24. The smallest absolute Gasteiger partial charge is 0.349 e. The van der Waals surface area contributed by atoms with Crippen LogP contribution in [0.25, 0.3) is 0 Å². The Bertz CT molecular complexity index is 283. The third-order valence-electron chi connectivity index (χ3n) is 1.38. The second-order valence-corrected chi connectivity index (χ2v) is 4.26. The maximum Gasteiger partial charge on any atom is 0.349 e. The summed E-state index contributed by atoms with van der Waals surface area (Å²) in [5, 5.41) is 17.4. The zero-order chi connectivity index (χ0) is 11.4. The highest BCUT2D eigenvalue weighted by molar-refractivity contribution is 7.85. The van der Waals surface area contributed by atoms with Gasteiger partial charge in [0.05, 0.1) is 24.9 Å².